The molecule has 1 aromatic rings. The first-order valence-electron chi connectivity index (χ1n) is 5.97. The van der Waals surface area contributed by atoms with Crippen molar-refractivity contribution in [2.75, 3.05) is 20.2 Å². The molecule has 18 heavy (non-hydrogen) atoms. The lowest BCUT2D eigenvalue weighted by molar-refractivity contribution is 0.0751. The summed E-state index contributed by atoms with van der Waals surface area (Å²) in [7, 11) is 1.67. The third kappa shape index (κ3) is 4.75. The van der Waals surface area contributed by atoms with E-state index in [1.54, 1.807) is 7.05 Å². The van der Waals surface area contributed by atoms with E-state index in [0.29, 0.717) is 6.54 Å². The lowest BCUT2D eigenvalue weighted by Crippen LogP contribution is -2.38. The van der Waals surface area contributed by atoms with E-state index in [4.69, 9.17) is 9.84 Å². The van der Waals surface area contributed by atoms with E-state index >= 15 is 0 Å². The number of benzene rings is 1. The summed E-state index contributed by atoms with van der Waals surface area (Å²) < 4.78 is 5.19. The van der Waals surface area contributed by atoms with Crippen LogP contribution in [0.1, 0.15) is 19.4 Å². The van der Waals surface area contributed by atoms with Gasteiger partial charge >= 0.3 is 6.09 Å². The van der Waals surface area contributed by atoms with Gasteiger partial charge in [-0.1, -0.05) is 44.2 Å². The van der Waals surface area contributed by atoms with Gasteiger partial charge in [0.05, 0.1) is 0 Å². The number of nitrogens with zero attached hydrogens (tertiary/aromatic N) is 1. The number of hydrogen-bond acceptors (Lipinski definition) is 3. The zero-order valence-electron chi connectivity index (χ0n) is 11.2. The van der Waals surface area contributed by atoms with Crippen LogP contribution in [0.15, 0.2) is 30.3 Å². The second kappa shape index (κ2) is 6.40. The fraction of sp³-hybridized carbons (Fsp3) is 0.500. The minimum Gasteiger partial charge on any atom is -0.445 e. The maximum absolute atomic E-state index is 11.7. The van der Waals surface area contributed by atoms with Gasteiger partial charge in [0.1, 0.15) is 6.61 Å². The molecule has 0 unspecified atom stereocenters. The molecule has 0 aromatic heterocycles. The maximum Gasteiger partial charge on any atom is 0.409 e. The summed E-state index contributed by atoms with van der Waals surface area (Å²) in [6, 6.07) is 9.54. The van der Waals surface area contributed by atoms with Crippen LogP contribution in [0.5, 0.6) is 0 Å². The molecule has 0 aliphatic heterocycles. The number of carbonyl (C=O) groups is 1. The Hall–Kier alpha value is -1.55. The molecule has 0 radical (unpaired) electrons. The van der Waals surface area contributed by atoms with Gasteiger partial charge in [-0.25, -0.2) is 4.79 Å². The molecule has 0 fully saturated rings. The molecule has 0 saturated heterocycles. The Balaban J connectivity index is 2.41. The lowest BCUT2D eigenvalue weighted by atomic mass is 9.94. The molecule has 1 aromatic carbocycles. The number of carbonyl (C=O) groups excluding carboxylic acids is 1. The molecule has 0 spiro atoms. The van der Waals surface area contributed by atoms with Crippen molar-refractivity contribution in [2.45, 2.75) is 20.5 Å². The van der Waals surface area contributed by atoms with Crippen molar-refractivity contribution in [1.29, 1.82) is 0 Å². The van der Waals surface area contributed by atoms with E-state index in [2.05, 4.69) is 0 Å². The van der Waals surface area contributed by atoms with Gasteiger partial charge in [-0.2, -0.15) is 0 Å². The summed E-state index contributed by atoms with van der Waals surface area (Å²) >= 11 is 0. The van der Waals surface area contributed by atoms with Crippen LogP contribution in [0, 0.1) is 5.41 Å². The fourth-order valence-corrected chi connectivity index (χ4v) is 1.59. The predicted molar refractivity (Wildman–Crippen MR) is 70.1 cm³/mol. The SMILES string of the molecule is CN(CC(C)(C)CO)C(=O)OCc1ccccc1. The smallest absolute Gasteiger partial charge is 0.409 e. The number of aliphatic hydroxyl groups excluding tert-OH is 1. The van der Waals surface area contributed by atoms with Crippen molar-refractivity contribution in [3.63, 3.8) is 0 Å². The largest absolute Gasteiger partial charge is 0.445 e. The zero-order chi connectivity index (χ0) is 13.6. The molecular weight excluding hydrogens is 230 g/mol. The molecule has 0 atom stereocenters. The molecule has 4 nitrogen and oxygen atoms in total. The number of rotatable bonds is 5. The van der Waals surface area contributed by atoms with Crippen LogP contribution in [-0.4, -0.2) is 36.3 Å². The normalized spacial score (nSPS) is 11.1. The summed E-state index contributed by atoms with van der Waals surface area (Å²) in [5, 5.41) is 9.15. The summed E-state index contributed by atoms with van der Waals surface area (Å²) in [4.78, 5) is 13.2. The average Bonchev–Trinajstić information content (AvgIpc) is 2.36. The van der Waals surface area contributed by atoms with E-state index in [1.165, 1.54) is 4.90 Å². The monoisotopic (exact) mass is 251 g/mol. The number of aliphatic hydroxyl groups is 1. The molecular formula is C14H21NO3. The van der Waals surface area contributed by atoms with Crippen LogP contribution < -0.4 is 0 Å². The van der Waals surface area contributed by atoms with Gasteiger partial charge in [0.25, 0.3) is 0 Å². The van der Waals surface area contributed by atoms with Crippen LogP contribution in [0.3, 0.4) is 0 Å². The van der Waals surface area contributed by atoms with Crippen LogP contribution in [-0.2, 0) is 11.3 Å². The first-order chi connectivity index (χ1) is 8.44. The quantitative estimate of drug-likeness (QED) is 0.873. The number of amides is 1. The van der Waals surface area contributed by atoms with Crippen molar-refractivity contribution in [2.24, 2.45) is 5.41 Å². The third-order valence-corrected chi connectivity index (χ3v) is 2.61. The van der Waals surface area contributed by atoms with Gasteiger partial charge < -0.3 is 14.7 Å². The first-order valence-corrected chi connectivity index (χ1v) is 5.97. The van der Waals surface area contributed by atoms with Crippen LogP contribution in [0.4, 0.5) is 4.79 Å². The highest BCUT2D eigenvalue weighted by atomic mass is 16.6. The molecule has 0 aliphatic carbocycles. The predicted octanol–water partition coefficient (Wildman–Crippen LogP) is 2.27. The topological polar surface area (TPSA) is 49.8 Å². The molecule has 4 heteroatoms. The van der Waals surface area contributed by atoms with Gasteiger partial charge in [0.15, 0.2) is 0 Å². The van der Waals surface area contributed by atoms with Gasteiger partial charge in [-0.05, 0) is 5.56 Å². The second-order valence-corrected chi connectivity index (χ2v) is 5.22. The van der Waals surface area contributed by atoms with Crippen molar-refractivity contribution < 1.29 is 14.6 Å². The van der Waals surface area contributed by atoms with Gasteiger partial charge in [-0.15, -0.1) is 0 Å². The Labute approximate surface area is 108 Å². The minimum absolute atomic E-state index is 0.0311. The molecule has 1 rings (SSSR count). The molecule has 100 valence electrons. The fourth-order valence-electron chi connectivity index (χ4n) is 1.59. The molecule has 0 saturated carbocycles. The maximum atomic E-state index is 11.7. The summed E-state index contributed by atoms with van der Waals surface area (Å²) in [6.45, 7) is 4.55. The molecule has 1 amide bonds. The number of hydrogen-bond donors (Lipinski definition) is 1. The Bertz CT molecular complexity index is 376. The summed E-state index contributed by atoms with van der Waals surface area (Å²) in [5.74, 6) is 0. The second-order valence-electron chi connectivity index (χ2n) is 5.22. The molecule has 0 heterocycles. The zero-order valence-corrected chi connectivity index (χ0v) is 11.2. The average molecular weight is 251 g/mol. The van der Waals surface area contributed by atoms with Crippen molar-refractivity contribution in [3.8, 4) is 0 Å². The van der Waals surface area contributed by atoms with Crippen LogP contribution >= 0.6 is 0 Å². The highest BCUT2D eigenvalue weighted by Gasteiger charge is 2.22. The molecule has 0 aliphatic rings. The lowest BCUT2D eigenvalue weighted by Gasteiger charge is -2.27. The van der Waals surface area contributed by atoms with E-state index in [-0.39, 0.29) is 24.7 Å². The van der Waals surface area contributed by atoms with E-state index < -0.39 is 0 Å². The van der Waals surface area contributed by atoms with Gasteiger partial charge in [-0.3, -0.25) is 0 Å². The van der Waals surface area contributed by atoms with Crippen molar-refractivity contribution in [3.05, 3.63) is 35.9 Å². The Morgan fingerprint density at radius 3 is 2.50 bits per heavy atom. The van der Waals surface area contributed by atoms with E-state index in [0.717, 1.165) is 5.56 Å². The van der Waals surface area contributed by atoms with Crippen LogP contribution in [0.25, 0.3) is 0 Å². The van der Waals surface area contributed by atoms with Gasteiger partial charge in [0.2, 0.25) is 0 Å². The molecule has 0 bridgehead atoms. The van der Waals surface area contributed by atoms with E-state index in [9.17, 15) is 4.79 Å². The molecule has 1 N–H and O–H groups in total. The summed E-state index contributed by atoms with van der Waals surface area (Å²) in [6.07, 6.45) is -0.375. The first kappa shape index (κ1) is 14.5. The van der Waals surface area contributed by atoms with E-state index in [1.807, 2.05) is 44.2 Å². The van der Waals surface area contributed by atoms with Crippen molar-refractivity contribution >= 4 is 6.09 Å². The van der Waals surface area contributed by atoms with Crippen LogP contribution in [0.2, 0.25) is 0 Å². The van der Waals surface area contributed by atoms with Crippen molar-refractivity contribution in [1.82, 2.24) is 4.90 Å². The van der Waals surface area contributed by atoms with Gasteiger partial charge in [0, 0.05) is 25.6 Å². The number of ether oxygens (including phenoxy) is 1. The minimum atomic E-state index is -0.375. The summed E-state index contributed by atoms with van der Waals surface area (Å²) in [5.41, 5.74) is 0.640. The highest BCUT2D eigenvalue weighted by Crippen LogP contribution is 2.15. The highest BCUT2D eigenvalue weighted by molar-refractivity contribution is 5.67. The Kier molecular flexibility index (Phi) is 5.16. The Morgan fingerprint density at radius 2 is 1.94 bits per heavy atom. The standard InChI is InChI=1S/C14H21NO3/c1-14(2,11-16)10-15(3)13(17)18-9-12-7-5-4-6-8-12/h4-8,16H,9-11H2,1-3H3. The Morgan fingerprint density at radius 1 is 1.33 bits per heavy atom. The third-order valence-electron chi connectivity index (χ3n) is 2.61.